The van der Waals surface area contributed by atoms with Gasteiger partial charge in [-0.3, -0.25) is 4.68 Å². The topological polar surface area (TPSA) is 17.8 Å². The van der Waals surface area contributed by atoms with E-state index in [1.165, 1.54) is 0 Å². The Morgan fingerprint density at radius 2 is 1.85 bits per heavy atom. The molecule has 0 amide bonds. The van der Waals surface area contributed by atoms with Gasteiger partial charge in [-0.1, -0.05) is 20.8 Å². The molecule has 0 saturated heterocycles. The maximum Gasteiger partial charge on any atom is 0.389 e. The zero-order chi connectivity index (χ0) is 15.3. The maximum atomic E-state index is 12.2. The van der Waals surface area contributed by atoms with Gasteiger partial charge >= 0.3 is 6.18 Å². The van der Waals surface area contributed by atoms with Gasteiger partial charge in [0.15, 0.2) is 0 Å². The Morgan fingerprint density at radius 3 is 2.30 bits per heavy atom. The average Bonchev–Trinajstić information content (AvgIpc) is 2.74. The van der Waals surface area contributed by atoms with Gasteiger partial charge in [0.25, 0.3) is 0 Å². The molecule has 20 heavy (non-hydrogen) atoms. The number of aryl methyl sites for hydroxylation is 2. The van der Waals surface area contributed by atoms with Gasteiger partial charge in [0.1, 0.15) is 0 Å². The van der Waals surface area contributed by atoms with Gasteiger partial charge in [0, 0.05) is 24.2 Å². The summed E-state index contributed by atoms with van der Waals surface area (Å²) in [6.45, 7) is 6.27. The van der Waals surface area contributed by atoms with Crippen LogP contribution in [0.15, 0.2) is 0 Å². The van der Waals surface area contributed by atoms with Crippen LogP contribution in [-0.4, -0.2) is 16.0 Å². The second-order valence-electron chi connectivity index (χ2n) is 4.83. The number of rotatable bonds is 7. The van der Waals surface area contributed by atoms with Crippen LogP contribution in [0.5, 0.6) is 0 Å². The van der Waals surface area contributed by atoms with Gasteiger partial charge in [-0.25, -0.2) is 0 Å². The molecule has 0 aliphatic carbocycles. The predicted molar refractivity (Wildman–Crippen MR) is 75.2 cm³/mol. The van der Waals surface area contributed by atoms with Crippen molar-refractivity contribution in [3.8, 4) is 0 Å². The molecular formula is C14H22ClF3N2. The first-order valence-corrected chi connectivity index (χ1v) is 7.56. The standard InChI is InChI=1S/C14H22ClF3N2/c1-4-10(15)13-11(5-2)19-20(12(13)6-3)9-7-8-14(16,17)18/h10H,4-9H2,1-3H3. The second-order valence-corrected chi connectivity index (χ2v) is 5.36. The van der Waals surface area contributed by atoms with E-state index < -0.39 is 12.6 Å². The lowest BCUT2D eigenvalue weighted by Gasteiger charge is -2.11. The summed E-state index contributed by atoms with van der Waals surface area (Å²) < 4.78 is 38.4. The van der Waals surface area contributed by atoms with Gasteiger partial charge in [-0.2, -0.15) is 18.3 Å². The first kappa shape index (κ1) is 17.3. The van der Waals surface area contributed by atoms with Gasteiger partial charge < -0.3 is 0 Å². The minimum Gasteiger partial charge on any atom is -0.269 e. The second kappa shape index (κ2) is 7.34. The molecule has 0 fully saturated rings. The van der Waals surface area contributed by atoms with Crippen LogP contribution in [0.3, 0.4) is 0 Å². The summed E-state index contributed by atoms with van der Waals surface area (Å²) in [6.07, 6.45) is -2.55. The van der Waals surface area contributed by atoms with E-state index in [0.717, 1.165) is 36.2 Å². The van der Waals surface area contributed by atoms with Crippen molar-refractivity contribution >= 4 is 11.6 Å². The largest absolute Gasteiger partial charge is 0.389 e. The summed E-state index contributed by atoms with van der Waals surface area (Å²) in [7, 11) is 0. The molecule has 0 saturated carbocycles. The molecule has 1 rings (SSSR count). The fraction of sp³-hybridized carbons (Fsp3) is 0.786. The van der Waals surface area contributed by atoms with Crippen LogP contribution >= 0.6 is 11.6 Å². The van der Waals surface area contributed by atoms with Crippen molar-refractivity contribution in [3.63, 3.8) is 0 Å². The van der Waals surface area contributed by atoms with Crippen molar-refractivity contribution in [2.45, 2.75) is 71.0 Å². The molecule has 0 N–H and O–H groups in total. The fourth-order valence-electron chi connectivity index (χ4n) is 2.38. The minimum absolute atomic E-state index is 0.0554. The van der Waals surface area contributed by atoms with E-state index >= 15 is 0 Å². The summed E-state index contributed by atoms with van der Waals surface area (Å²) in [5, 5.41) is 4.34. The molecule has 0 radical (unpaired) electrons. The van der Waals surface area contributed by atoms with Crippen molar-refractivity contribution in [1.29, 1.82) is 0 Å². The molecule has 0 aliphatic rings. The van der Waals surface area contributed by atoms with Crippen LogP contribution in [0.4, 0.5) is 13.2 Å². The molecular weight excluding hydrogens is 289 g/mol. The molecule has 0 spiro atoms. The normalized spacial score (nSPS) is 13.8. The SMILES string of the molecule is CCc1nn(CCCC(F)(F)F)c(CC)c1C(Cl)CC. The Hall–Kier alpha value is -0.710. The molecule has 0 aliphatic heterocycles. The molecule has 116 valence electrons. The zero-order valence-electron chi connectivity index (χ0n) is 12.2. The van der Waals surface area contributed by atoms with Crippen molar-refractivity contribution in [2.24, 2.45) is 0 Å². The number of hydrogen-bond donors (Lipinski definition) is 0. The van der Waals surface area contributed by atoms with Crippen molar-refractivity contribution in [3.05, 3.63) is 17.0 Å². The number of nitrogens with zero attached hydrogens (tertiary/aromatic N) is 2. The third-order valence-corrected chi connectivity index (χ3v) is 3.87. The third kappa shape index (κ3) is 4.40. The Morgan fingerprint density at radius 1 is 1.20 bits per heavy atom. The molecule has 6 heteroatoms. The summed E-state index contributed by atoms with van der Waals surface area (Å²) in [6, 6.07) is 0. The van der Waals surface area contributed by atoms with E-state index in [1.54, 1.807) is 4.68 Å². The van der Waals surface area contributed by atoms with Gasteiger partial charge in [-0.05, 0) is 25.7 Å². The molecule has 1 aromatic rings. The third-order valence-electron chi connectivity index (χ3n) is 3.35. The summed E-state index contributed by atoms with van der Waals surface area (Å²) in [5.41, 5.74) is 2.91. The molecule has 1 atom stereocenters. The molecule has 1 aromatic heterocycles. The Balaban J connectivity index is 2.93. The zero-order valence-corrected chi connectivity index (χ0v) is 13.0. The first-order chi connectivity index (χ1) is 9.34. The van der Waals surface area contributed by atoms with E-state index in [9.17, 15) is 13.2 Å². The van der Waals surface area contributed by atoms with Gasteiger partial charge in [-0.15, -0.1) is 11.6 Å². The molecule has 1 heterocycles. The van der Waals surface area contributed by atoms with Crippen LogP contribution in [0.1, 0.15) is 62.4 Å². The highest BCUT2D eigenvalue weighted by Gasteiger charge is 2.27. The van der Waals surface area contributed by atoms with E-state index in [4.69, 9.17) is 11.6 Å². The lowest BCUT2D eigenvalue weighted by atomic mass is 10.0. The Labute approximate surface area is 123 Å². The quantitative estimate of drug-likeness (QED) is 0.645. The van der Waals surface area contributed by atoms with Crippen LogP contribution in [0.25, 0.3) is 0 Å². The highest BCUT2D eigenvalue weighted by molar-refractivity contribution is 6.20. The van der Waals surface area contributed by atoms with E-state index in [0.29, 0.717) is 6.54 Å². The molecule has 2 nitrogen and oxygen atoms in total. The monoisotopic (exact) mass is 310 g/mol. The number of hydrogen-bond acceptors (Lipinski definition) is 1. The summed E-state index contributed by atoms with van der Waals surface area (Å²) in [4.78, 5) is 0. The lowest BCUT2D eigenvalue weighted by molar-refractivity contribution is -0.136. The van der Waals surface area contributed by atoms with Crippen LogP contribution in [-0.2, 0) is 19.4 Å². The summed E-state index contributed by atoms with van der Waals surface area (Å²) >= 11 is 6.35. The molecule has 0 aromatic carbocycles. The minimum atomic E-state index is -4.10. The van der Waals surface area contributed by atoms with Crippen LogP contribution in [0, 0.1) is 0 Å². The highest BCUT2D eigenvalue weighted by Crippen LogP contribution is 2.31. The van der Waals surface area contributed by atoms with Gasteiger partial charge in [0.05, 0.1) is 11.1 Å². The van der Waals surface area contributed by atoms with Crippen molar-refractivity contribution < 1.29 is 13.2 Å². The smallest absolute Gasteiger partial charge is 0.269 e. The number of halogens is 4. The fourth-order valence-corrected chi connectivity index (χ4v) is 2.63. The Kier molecular flexibility index (Phi) is 6.37. The van der Waals surface area contributed by atoms with E-state index in [2.05, 4.69) is 5.10 Å². The predicted octanol–water partition coefficient (Wildman–Crippen LogP) is 5.04. The highest BCUT2D eigenvalue weighted by atomic mass is 35.5. The van der Waals surface area contributed by atoms with E-state index in [1.807, 2.05) is 20.8 Å². The average molecular weight is 311 g/mol. The van der Waals surface area contributed by atoms with Crippen LogP contribution < -0.4 is 0 Å². The molecule has 1 unspecified atom stereocenters. The van der Waals surface area contributed by atoms with Crippen LogP contribution in [0.2, 0.25) is 0 Å². The maximum absolute atomic E-state index is 12.2. The molecule has 0 bridgehead atoms. The van der Waals surface area contributed by atoms with E-state index in [-0.39, 0.29) is 11.8 Å². The Bertz CT molecular complexity index is 427. The number of aromatic nitrogens is 2. The van der Waals surface area contributed by atoms with Crippen molar-refractivity contribution in [2.75, 3.05) is 0 Å². The lowest BCUT2D eigenvalue weighted by Crippen LogP contribution is -2.11. The first-order valence-electron chi connectivity index (χ1n) is 7.13. The summed E-state index contributed by atoms with van der Waals surface area (Å²) in [5.74, 6) is 0. The van der Waals surface area contributed by atoms with Crippen molar-refractivity contribution in [1.82, 2.24) is 9.78 Å². The van der Waals surface area contributed by atoms with Gasteiger partial charge in [0.2, 0.25) is 0 Å². The number of alkyl halides is 4.